The Morgan fingerprint density at radius 3 is 2.07 bits per heavy atom. The summed E-state index contributed by atoms with van der Waals surface area (Å²) in [6, 6.07) is 7.48. The molecule has 0 unspecified atom stereocenters. The monoisotopic (exact) mass is 268 g/mol. The Balaban J connectivity index is 2.40. The highest BCUT2D eigenvalue weighted by atomic mass is 79.9. The van der Waals surface area contributed by atoms with Crippen LogP contribution in [0, 0.1) is 0 Å². The first kappa shape index (κ1) is 9.62. The lowest BCUT2D eigenvalue weighted by Crippen LogP contribution is -1.85. The van der Waals surface area contributed by atoms with E-state index in [0.29, 0.717) is 5.02 Å². The van der Waals surface area contributed by atoms with Gasteiger partial charge in [0, 0.05) is 16.9 Å². The van der Waals surface area contributed by atoms with Crippen LogP contribution < -0.4 is 0 Å². The van der Waals surface area contributed by atoms with Gasteiger partial charge < -0.3 is 0 Å². The van der Waals surface area contributed by atoms with Gasteiger partial charge in [0.05, 0.1) is 16.4 Å². The van der Waals surface area contributed by atoms with Crippen LogP contribution in [0.4, 0.5) is 0 Å². The van der Waals surface area contributed by atoms with Crippen molar-refractivity contribution in [3.05, 3.63) is 46.2 Å². The van der Waals surface area contributed by atoms with E-state index >= 15 is 0 Å². The molecule has 0 bridgehead atoms. The van der Waals surface area contributed by atoms with E-state index < -0.39 is 0 Å². The summed E-state index contributed by atoms with van der Waals surface area (Å²) in [5.41, 5.74) is 1.66. The minimum Gasteiger partial charge on any atom is -0.253 e. The maximum atomic E-state index is 5.73. The molecule has 0 aliphatic heterocycles. The van der Waals surface area contributed by atoms with E-state index in [4.69, 9.17) is 11.6 Å². The minimum absolute atomic E-state index is 0.630. The van der Waals surface area contributed by atoms with Crippen molar-refractivity contribution in [3.8, 4) is 11.4 Å². The molecule has 14 heavy (non-hydrogen) atoms. The fourth-order valence-corrected chi connectivity index (χ4v) is 1.40. The molecule has 2 aromatic heterocycles. The Hall–Kier alpha value is -0.930. The van der Waals surface area contributed by atoms with Gasteiger partial charge in [0.25, 0.3) is 0 Å². The van der Waals surface area contributed by atoms with Gasteiger partial charge in [-0.15, -0.1) is 0 Å². The minimum atomic E-state index is 0.630. The zero-order valence-corrected chi connectivity index (χ0v) is 9.46. The fraction of sp³-hybridized carbons (Fsp3) is 0. The summed E-state index contributed by atoms with van der Waals surface area (Å²) in [5.74, 6) is 0. The van der Waals surface area contributed by atoms with Crippen LogP contribution in [0.2, 0.25) is 5.02 Å². The van der Waals surface area contributed by atoms with E-state index in [2.05, 4.69) is 25.9 Å². The first-order chi connectivity index (χ1) is 6.75. The third-order valence-corrected chi connectivity index (χ3v) is 2.41. The molecule has 0 saturated carbocycles. The maximum absolute atomic E-state index is 5.73. The molecule has 0 radical (unpaired) electrons. The largest absolute Gasteiger partial charge is 0.253 e. The van der Waals surface area contributed by atoms with Crippen LogP contribution in [0.5, 0.6) is 0 Å². The number of hydrogen-bond donors (Lipinski definition) is 0. The molecule has 0 amide bonds. The predicted molar refractivity (Wildman–Crippen MR) is 60.2 cm³/mol. The lowest BCUT2D eigenvalue weighted by Gasteiger charge is -1.99. The van der Waals surface area contributed by atoms with Crippen LogP contribution >= 0.6 is 27.5 Å². The Morgan fingerprint density at radius 2 is 1.57 bits per heavy atom. The Morgan fingerprint density at radius 1 is 0.929 bits per heavy atom. The predicted octanol–water partition coefficient (Wildman–Crippen LogP) is 3.56. The molecule has 70 valence electrons. The smallest absolute Gasteiger partial charge is 0.0887 e. The van der Waals surface area contributed by atoms with Crippen molar-refractivity contribution in [3.63, 3.8) is 0 Å². The first-order valence-corrected chi connectivity index (χ1v) is 5.16. The quantitative estimate of drug-likeness (QED) is 0.791. The van der Waals surface area contributed by atoms with Crippen LogP contribution in [0.15, 0.2) is 41.1 Å². The van der Waals surface area contributed by atoms with E-state index in [1.165, 1.54) is 0 Å². The molecular formula is C10H6BrClN2. The van der Waals surface area contributed by atoms with Crippen molar-refractivity contribution in [1.82, 2.24) is 9.97 Å². The van der Waals surface area contributed by atoms with Gasteiger partial charge in [-0.25, -0.2) is 0 Å². The van der Waals surface area contributed by atoms with E-state index in [9.17, 15) is 0 Å². The summed E-state index contributed by atoms with van der Waals surface area (Å²) in [6.07, 6.45) is 3.35. The molecule has 2 nitrogen and oxygen atoms in total. The third kappa shape index (κ3) is 2.11. The van der Waals surface area contributed by atoms with E-state index in [1.807, 2.05) is 18.2 Å². The van der Waals surface area contributed by atoms with Crippen molar-refractivity contribution < 1.29 is 0 Å². The number of rotatable bonds is 1. The Kier molecular flexibility index (Phi) is 2.79. The molecule has 0 spiro atoms. The Bertz CT molecular complexity index is 381. The SMILES string of the molecule is Clc1ccc(-c2ccc(Br)cn2)nc1. The van der Waals surface area contributed by atoms with E-state index in [-0.39, 0.29) is 0 Å². The van der Waals surface area contributed by atoms with Gasteiger partial charge in [-0.3, -0.25) is 9.97 Å². The zero-order chi connectivity index (χ0) is 9.97. The zero-order valence-electron chi connectivity index (χ0n) is 7.11. The van der Waals surface area contributed by atoms with Crippen LogP contribution in [0.3, 0.4) is 0 Å². The van der Waals surface area contributed by atoms with Crippen molar-refractivity contribution in [2.75, 3.05) is 0 Å². The summed E-state index contributed by atoms with van der Waals surface area (Å²) in [4.78, 5) is 8.39. The second kappa shape index (κ2) is 4.07. The molecule has 0 aromatic carbocycles. The second-order valence-electron chi connectivity index (χ2n) is 2.72. The second-order valence-corrected chi connectivity index (χ2v) is 4.08. The first-order valence-electron chi connectivity index (χ1n) is 3.99. The average Bonchev–Trinajstić information content (AvgIpc) is 2.21. The summed E-state index contributed by atoms with van der Waals surface area (Å²) in [7, 11) is 0. The highest BCUT2D eigenvalue weighted by Gasteiger charge is 1.99. The molecule has 0 fully saturated rings. The van der Waals surface area contributed by atoms with E-state index in [0.717, 1.165) is 15.9 Å². The van der Waals surface area contributed by atoms with Gasteiger partial charge in [-0.05, 0) is 40.2 Å². The molecule has 2 rings (SSSR count). The van der Waals surface area contributed by atoms with Crippen molar-refractivity contribution in [1.29, 1.82) is 0 Å². The fourth-order valence-electron chi connectivity index (χ4n) is 1.05. The molecular weight excluding hydrogens is 263 g/mol. The topological polar surface area (TPSA) is 25.8 Å². The van der Waals surface area contributed by atoms with Crippen LogP contribution in [0.25, 0.3) is 11.4 Å². The molecule has 0 aliphatic rings. The Labute approximate surface area is 95.1 Å². The summed E-state index contributed by atoms with van der Waals surface area (Å²) in [6.45, 7) is 0. The molecule has 0 N–H and O–H groups in total. The van der Waals surface area contributed by atoms with Crippen molar-refractivity contribution in [2.45, 2.75) is 0 Å². The molecule has 0 atom stereocenters. The van der Waals surface area contributed by atoms with Crippen molar-refractivity contribution >= 4 is 27.5 Å². The number of hydrogen-bond acceptors (Lipinski definition) is 2. The molecule has 4 heteroatoms. The van der Waals surface area contributed by atoms with Gasteiger partial charge in [-0.2, -0.15) is 0 Å². The summed E-state index contributed by atoms with van der Waals surface area (Å²) < 4.78 is 0.954. The number of halogens is 2. The highest BCUT2D eigenvalue weighted by Crippen LogP contribution is 2.17. The number of aromatic nitrogens is 2. The lowest BCUT2D eigenvalue weighted by molar-refractivity contribution is 1.24. The van der Waals surface area contributed by atoms with Crippen LogP contribution in [-0.2, 0) is 0 Å². The van der Waals surface area contributed by atoms with Crippen LogP contribution in [0.1, 0.15) is 0 Å². The van der Waals surface area contributed by atoms with Gasteiger partial charge >= 0.3 is 0 Å². The molecule has 2 aromatic rings. The molecule has 0 aliphatic carbocycles. The van der Waals surface area contributed by atoms with Gasteiger partial charge in [0.15, 0.2) is 0 Å². The van der Waals surface area contributed by atoms with E-state index in [1.54, 1.807) is 18.5 Å². The summed E-state index contributed by atoms with van der Waals surface area (Å²) in [5, 5.41) is 0.630. The van der Waals surface area contributed by atoms with Gasteiger partial charge in [0.2, 0.25) is 0 Å². The average molecular weight is 270 g/mol. The van der Waals surface area contributed by atoms with Crippen LogP contribution in [-0.4, -0.2) is 9.97 Å². The number of nitrogens with zero attached hydrogens (tertiary/aromatic N) is 2. The lowest BCUT2D eigenvalue weighted by atomic mass is 10.2. The standard InChI is InChI=1S/C10H6BrClN2/c11-7-1-3-9(13-5-7)10-4-2-8(12)6-14-10/h1-6H. The normalized spacial score (nSPS) is 10.1. The van der Waals surface area contributed by atoms with Gasteiger partial charge in [-0.1, -0.05) is 11.6 Å². The molecule has 2 heterocycles. The van der Waals surface area contributed by atoms with Crippen molar-refractivity contribution in [2.24, 2.45) is 0 Å². The summed E-state index contributed by atoms with van der Waals surface area (Å²) >= 11 is 9.06. The van der Waals surface area contributed by atoms with Gasteiger partial charge in [0.1, 0.15) is 0 Å². The third-order valence-electron chi connectivity index (χ3n) is 1.72. The maximum Gasteiger partial charge on any atom is 0.0887 e. The molecule has 0 saturated heterocycles. The highest BCUT2D eigenvalue weighted by molar-refractivity contribution is 9.10. The number of pyridine rings is 2.